The maximum absolute atomic E-state index is 12.5. The lowest BCUT2D eigenvalue weighted by atomic mass is 10.2. The molecule has 1 amide bonds. The fraction of sp³-hybridized carbons (Fsp3) is 0.538. The van der Waals surface area contributed by atoms with Crippen LogP contribution in [0.3, 0.4) is 0 Å². The minimum absolute atomic E-state index is 0.130. The highest BCUT2D eigenvalue weighted by atomic mass is 32.1. The first-order valence-corrected chi connectivity index (χ1v) is 7.05. The van der Waals surface area contributed by atoms with Gasteiger partial charge in [0.15, 0.2) is 0 Å². The smallest absolute Gasteiger partial charge is 0.328 e. The van der Waals surface area contributed by atoms with Gasteiger partial charge in [-0.1, -0.05) is 0 Å². The van der Waals surface area contributed by atoms with E-state index in [1.54, 1.807) is 11.0 Å². The van der Waals surface area contributed by atoms with Crippen molar-refractivity contribution in [2.75, 3.05) is 20.8 Å². The Hall–Kier alpha value is -1.56. The van der Waals surface area contributed by atoms with Crippen LogP contribution in [-0.4, -0.2) is 43.6 Å². The van der Waals surface area contributed by atoms with Crippen LogP contribution in [0.5, 0.6) is 5.75 Å². The Labute approximate surface area is 115 Å². The van der Waals surface area contributed by atoms with Gasteiger partial charge in [0, 0.05) is 6.54 Å². The van der Waals surface area contributed by atoms with Crippen molar-refractivity contribution in [3.8, 4) is 5.75 Å². The number of likely N-dealkylation sites (tertiary alicyclic amines) is 1. The molecule has 1 aliphatic heterocycles. The third kappa shape index (κ3) is 1.90. The first kappa shape index (κ1) is 12.5. The molecule has 2 heterocycles. The van der Waals surface area contributed by atoms with Gasteiger partial charge in [0.05, 0.1) is 14.2 Å². The zero-order chi connectivity index (χ0) is 13.6. The van der Waals surface area contributed by atoms with Crippen molar-refractivity contribution >= 4 is 23.2 Å². The first-order chi connectivity index (χ1) is 9.17. The number of fused-ring (bicyclic) bond motifs is 1. The molecule has 1 saturated heterocycles. The second-order valence-corrected chi connectivity index (χ2v) is 5.82. The second-order valence-electron chi connectivity index (χ2n) is 4.90. The largest absolute Gasteiger partial charge is 0.495 e. The third-order valence-corrected chi connectivity index (χ3v) is 4.78. The first-order valence-electron chi connectivity index (χ1n) is 6.17. The van der Waals surface area contributed by atoms with E-state index in [0.29, 0.717) is 23.1 Å². The molecule has 2 aliphatic rings. The molecular weight excluding hydrogens is 266 g/mol. The van der Waals surface area contributed by atoms with Crippen molar-refractivity contribution < 1.29 is 19.1 Å². The van der Waals surface area contributed by atoms with Gasteiger partial charge in [0.25, 0.3) is 5.91 Å². The number of ether oxygens (including phenoxy) is 2. The number of methoxy groups -OCH3 is 2. The molecular formula is C13H15NO4S. The van der Waals surface area contributed by atoms with Crippen LogP contribution in [0, 0.1) is 11.8 Å². The molecule has 1 aromatic rings. The quantitative estimate of drug-likeness (QED) is 0.786. The lowest BCUT2D eigenvalue weighted by Gasteiger charge is -2.25. The summed E-state index contributed by atoms with van der Waals surface area (Å²) in [4.78, 5) is 26.6. The summed E-state index contributed by atoms with van der Waals surface area (Å²) in [5, 5.41) is 1.82. The van der Waals surface area contributed by atoms with E-state index < -0.39 is 6.04 Å². The zero-order valence-electron chi connectivity index (χ0n) is 10.8. The maximum atomic E-state index is 12.5. The van der Waals surface area contributed by atoms with Gasteiger partial charge in [-0.2, -0.15) is 0 Å². The van der Waals surface area contributed by atoms with Gasteiger partial charge in [0.2, 0.25) is 0 Å². The Morgan fingerprint density at radius 2 is 2.21 bits per heavy atom. The van der Waals surface area contributed by atoms with E-state index in [1.165, 1.54) is 25.6 Å². The molecule has 19 heavy (non-hydrogen) atoms. The predicted molar refractivity (Wildman–Crippen MR) is 69.3 cm³/mol. The summed E-state index contributed by atoms with van der Waals surface area (Å²) in [6.45, 7) is 0.643. The van der Waals surface area contributed by atoms with Gasteiger partial charge >= 0.3 is 5.97 Å². The fourth-order valence-electron chi connectivity index (χ4n) is 2.84. The third-order valence-electron chi connectivity index (χ3n) is 3.90. The topological polar surface area (TPSA) is 55.8 Å². The molecule has 5 nitrogen and oxygen atoms in total. The van der Waals surface area contributed by atoms with E-state index >= 15 is 0 Å². The number of nitrogens with zero attached hydrogens (tertiary/aromatic N) is 1. The summed E-state index contributed by atoms with van der Waals surface area (Å²) in [7, 11) is 2.91. The average molecular weight is 281 g/mol. The van der Waals surface area contributed by atoms with Crippen molar-refractivity contribution in [2.45, 2.75) is 12.5 Å². The molecule has 2 fully saturated rings. The zero-order valence-corrected chi connectivity index (χ0v) is 11.6. The van der Waals surface area contributed by atoms with Crippen molar-refractivity contribution in [1.29, 1.82) is 0 Å². The van der Waals surface area contributed by atoms with Crippen LogP contribution in [0.1, 0.15) is 16.1 Å². The van der Waals surface area contributed by atoms with Crippen molar-refractivity contribution in [1.82, 2.24) is 4.90 Å². The van der Waals surface area contributed by atoms with Gasteiger partial charge in [-0.15, -0.1) is 11.3 Å². The highest BCUT2D eigenvalue weighted by Crippen LogP contribution is 2.50. The predicted octanol–water partition coefficient (Wildman–Crippen LogP) is 1.39. The Bertz CT molecular complexity index is 526. The molecule has 1 aromatic heterocycles. The van der Waals surface area contributed by atoms with E-state index in [1.807, 2.05) is 5.38 Å². The van der Waals surface area contributed by atoms with Crippen molar-refractivity contribution in [3.05, 3.63) is 16.3 Å². The van der Waals surface area contributed by atoms with E-state index in [4.69, 9.17) is 9.47 Å². The lowest BCUT2D eigenvalue weighted by Crippen LogP contribution is -2.43. The maximum Gasteiger partial charge on any atom is 0.328 e. The standard InChI is InChI=1S/C13H15NO4S/c1-17-9-3-4-19-11(9)12(15)14-6-7-5-8(7)10(14)13(16)18-2/h3-4,7-8,10H,5-6H2,1-2H3/t7-,8+,10-/m1/s1. The summed E-state index contributed by atoms with van der Waals surface area (Å²) in [5.74, 6) is 0.865. The van der Waals surface area contributed by atoms with Gasteiger partial charge in [-0.05, 0) is 29.7 Å². The summed E-state index contributed by atoms with van der Waals surface area (Å²) in [6, 6.07) is 1.34. The summed E-state index contributed by atoms with van der Waals surface area (Å²) in [5.41, 5.74) is 0. The number of hydrogen-bond acceptors (Lipinski definition) is 5. The molecule has 3 atom stereocenters. The van der Waals surface area contributed by atoms with Crippen LogP contribution in [0.2, 0.25) is 0 Å². The van der Waals surface area contributed by atoms with Crippen LogP contribution in [0.25, 0.3) is 0 Å². The molecule has 0 bridgehead atoms. The number of thiophene rings is 1. The van der Waals surface area contributed by atoms with Crippen LogP contribution < -0.4 is 4.74 Å². The minimum Gasteiger partial charge on any atom is -0.495 e. The van der Waals surface area contributed by atoms with Gasteiger partial charge < -0.3 is 14.4 Å². The Morgan fingerprint density at radius 3 is 2.89 bits per heavy atom. The number of amides is 1. The van der Waals surface area contributed by atoms with Crippen molar-refractivity contribution in [2.24, 2.45) is 11.8 Å². The van der Waals surface area contributed by atoms with Gasteiger partial charge in [-0.25, -0.2) is 4.79 Å². The molecule has 1 aliphatic carbocycles. The molecule has 0 spiro atoms. The molecule has 0 unspecified atom stereocenters. The summed E-state index contributed by atoms with van der Waals surface area (Å²) < 4.78 is 10.00. The highest BCUT2D eigenvalue weighted by Gasteiger charge is 2.57. The number of piperidine rings is 1. The second kappa shape index (κ2) is 4.52. The van der Waals surface area contributed by atoms with Crippen LogP contribution in [-0.2, 0) is 9.53 Å². The SMILES string of the molecule is COC(=O)[C@H]1[C@H]2C[C@@H]2CN1C(=O)c1sccc1OC. The normalized spacial score (nSPS) is 27.9. The van der Waals surface area contributed by atoms with E-state index in [-0.39, 0.29) is 17.8 Å². The molecule has 0 N–H and O–H groups in total. The van der Waals surface area contributed by atoms with Crippen LogP contribution in [0.4, 0.5) is 0 Å². The van der Waals surface area contributed by atoms with E-state index in [0.717, 1.165) is 6.42 Å². The number of hydrogen-bond donors (Lipinski definition) is 0. The Kier molecular flexibility index (Phi) is 2.97. The molecule has 0 aromatic carbocycles. The van der Waals surface area contributed by atoms with E-state index in [9.17, 15) is 9.59 Å². The monoisotopic (exact) mass is 281 g/mol. The molecule has 6 heteroatoms. The van der Waals surface area contributed by atoms with E-state index in [2.05, 4.69) is 0 Å². The highest BCUT2D eigenvalue weighted by molar-refractivity contribution is 7.12. The minimum atomic E-state index is -0.422. The Balaban J connectivity index is 1.85. The Morgan fingerprint density at radius 1 is 1.42 bits per heavy atom. The average Bonchev–Trinajstić information content (AvgIpc) is 2.90. The van der Waals surface area contributed by atoms with Crippen LogP contribution >= 0.6 is 11.3 Å². The number of rotatable bonds is 3. The van der Waals surface area contributed by atoms with Crippen LogP contribution in [0.15, 0.2) is 11.4 Å². The van der Waals surface area contributed by atoms with Gasteiger partial charge in [0.1, 0.15) is 16.7 Å². The van der Waals surface area contributed by atoms with Crippen molar-refractivity contribution in [3.63, 3.8) is 0 Å². The molecule has 102 valence electrons. The summed E-state index contributed by atoms with van der Waals surface area (Å²) in [6.07, 6.45) is 1.02. The molecule has 0 radical (unpaired) electrons. The molecule has 1 saturated carbocycles. The number of carbonyl (C=O) groups excluding carboxylic acids is 2. The summed E-state index contributed by atoms with van der Waals surface area (Å²) >= 11 is 1.34. The number of carbonyl (C=O) groups is 2. The number of esters is 1. The lowest BCUT2D eigenvalue weighted by molar-refractivity contribution is -0.145. The molecule has 3 rings (SSSR count). The fourth-order valence-corrected chi connectivity index (χ4v) is 3.65. The van der Waals surface area contributed by atoms with Gasteiger partial charge in [-0.3, -0.25) is 4.79 Å².